The molecule has 0 bridgehead atoms. The molecule has 0 unspecified atom stereocenters. The van der Waals surface area contributed by atoms with Gasteiger partial charge in [-0.25, -0.2) is 18.7 Å². The van der Waals surface area contributed by atoms with Crippen LogP contribution in [0.15, 0.2) is 36.9 Å². The summed E-state index contributed by atoms with van der Waals surface area (Å²) in [5.74, 6) is 0.559. The minimum Gasteiger partial charge on any atom is -0.405 e. The second kappa shape index (κ2) is 8.10. The van der Waals surface area contributed by atoms with E-state index in [9.17, 15) is 14.3 Å². The fourth-order valence-electron chi connectivity index (χ4n) is 4.46. The molecule has 9 nitrogen and oxygen atoms in total. The van der Waals surface area contributed by atoms with Gasteiger partial charge in [0.15, 0.2) is 5.75 Å². The minimum absolute atomic E-state index is 0.0300. The predicted molar refractivity (Wildman–Crippen MR) is 109 cm³/mol. The molecule has 3 atom stereocenters. The van der Waals surface area contributed by atoms with Crippen molar-refractivity contribution in [2.24, 2.45) is 0 Å². The molecule has 2 N–H and O–H groups in total. The molecule has 162 valence electrons. The first-order chi connectivity index (χ1) is 15.1. The molecule has 0 radical (unpaired) electrons. The lowest BCUT2D eigenvalue weighted by atomic mass is 10.1. The van der Waals surface area contributed by atoms with Crippen molar-refractivity contribution in [3.63, 3.8) is 0 Å². The topological polar surface area (TPSA) is 105 Å². The third-order valence-corrected chi connectivity index (χ3v) is 5.97. The zero-order valence-corrected chi connectivity index (χ0v) is 16.8. The Kier molecular flexibility index (Phi) is 5.14. The van der Waals surface area contributed by atoms with Gasteiger partial charge in [-0.15, -0.1) is 0 Å². The van der Waals surface area contributed by atoms with Gasteiger partial charge in [0.2, 0.25) is 5.65 Å². The number of nitrogens with zero attached hydrogens (tertiary/aromatic N) is 5. The Balaban J connectivity index is 1.38. The van der Waals surface area contributed by atoms with Crippen LogP contribution in [0.3, 0.4) is 0 Å². The van der Waals surface area contributed by atoms with Crippen molar-refractivity contribution in [2.75, 3.05) is 11.4 Å². The molecule has 5 rings (SSSR count). The third-order valence-electron chi connectivity index (χ3n) is 5.97. The lowest BCUT2D eigenvalue weighted by Gasteiger charge is -2.26. The summed E-state index contributed by atoms with van der Waals surface area (Å²) in [4.78, 5) is 23.1. The number of ether oxygens (including phenoxy) is 1. The SMILES string of the molecule is O=C(N[C@@H]1CCC[C@@H]1O)Oc1cnn2ccc(N3CCC[C@@H]3c3cncc(F)c3)nc12. The van der Waals surface area contributed by atoms with E-state index in [4.69, 9.17) is 4.74 Å². The number of aliphatic hydroxyl groups is 1. The van der Waals surface area contributed by atoms with E-state index < -0.39 is 12.2 Å². The molecule has 1 amide bonds. The normalized spacial score (nSPS) is 23.4. The summed E-state index contributed by atoms with van der Waals surface area (Å²) in [6.07, 6.45) is 8.95. The maximum Gasteiger partial charge on any atom is 0.413 e. The highest BCUT2D eigenvalue weighted by Gasteiger charge is 2.29. The summed E-state index contributed by atoms with van der Waals surface area (Å²) in [7, 11) is 0. The van der Waals surface area contributed by atoms with Gasteiger partial charge < -0.3 is 20.1 Å². The summed E-state index contributed by atoms with van der Waals surface area (Å²) in [6, 6.07) is 3.01. The lowest BCUT2D eigenvalue weighted by Crippen LogP contribution is -2.41. The molecule has 4 heterocycles. The van der Waals surface area contributed by atoms with Crippen LogP contribution in [-0.2, 0) is 0 Å². The molecule has 31 heavy (non-hydrogen) atoms. The van der Waals surface area contributed by atoms with Crippen LogP contribution in [0.4, 0.5) is 15.0 Å². The number of amides is 1. The second-order valence-electron chi connectivity index (χ2n) is 7.99. The smallest absolute Gasteiger partial charge is 0.405 e. The average Bonchev–Trinajstić information content (AvgIpc) is 3.49. The monoisotopic (exact) mass is 426 g/mol. The zero-order chi connectivity index (χ0) is 21.4. The quantitative estimate of drug-likeness (QED) is 0.661. The summed E-state index contributed by atoms with van der Waals surface area (Å²) < 4.78 is 20.7. The Hall–Kier alpha value is -3.27. The highest BCUT2D eigenvalue weighted by Crippen LogP contribution is 2.35. The number of anilines is 1. The molecule has 0 aromatic carbocycles. The van der Waals surface area contributed by atoms with E-state index in [2.05, 4.69) is 25.3 Å². The van der Waals surface area contributed by atoms with Crippen molar-refractivity contribution in [1.82, 2.24) is 24.9 Å². The maximum atomic E-state index is 13.7. The zero-order valence-electron chi connectivity index (χ0n) is 16.8. The average molecular weight is 426 g/mol. The van der Waals surface area contributed by atoms with E-state index in [1.165, 1.54) is 23.0 Å². The van der Waals surface area contributed by atoms with Crippen molar-refractivity contribution in [1.29, 1.82) is 0 Å². The molecular weight excluding hydrogens is 403 g/mol. The van der Waals surface area contributed by atoms with Crippen LogP contribution in [0, 0.1) is 5.82 Å². The van der Waals surface area contributed by atoms with Gasteiger partial charge in [-0.3, -0.25) is 4.98 Å². The van der Waals surface area contributed by atoms with Crippen LogP contribution in [0.2, 0.25) is 0 Å². The first-order valence-corrected chi connectivity index (χ1v) is 10.5. The van der Waals surface area contributed by atoms with Crippen LogP contribution >= 0.6 is 0 Å². The van der Waals surface area contributed by atoms with Crippen molar-refractivity contribution in [3.05, 3.63) is 48.3 Å². The number of carbonyl (C=O) groups is 1. The van der Waals surface area contributed by atoms with Gasteiger partial charge in [0.05, 0.1) is 30.6 Å². The van der Waals surface area contributed by atoms with E-state index in [1.807, 2.05) is 6.07 Å². The third kappa shape index (κ3) is 3.90. The molecule has 0 spiro atoms. The highest BCUT2D eigenvalue weighted by atomic mass is 19.1. The predicted octanol–water partition coefficient (Wildman–Crippen LogP) is 2.61. The standard InChI is InChI=1S/C21H23FN6O3/c22-14-9-13(10-23-11-14)16-4-2-7-27(16)19-6-8-28-20(26-19)18(12-24-28)31-21(30)25-15-3-1-5-17(15)29/h6,8-12,15-17,29H,1-5,7H2,(H,25,30)/t15-,16-,17+/m1/s1. The number of fused-ring (bicyclic) bond motifs is 1. The minimum atomic E-state index is -0.641. The van der Waals surface area contributed by atoms with Gasteiger partial charge in [-0.1, -0.05) is 0 Å². The van der Waals surface area contributed by atoms with Crippen LogP contribution in [0.1, 0.15) is 43.7 Å². The second-order valence-corrected chi connectivity index (χ2v) is 7.99. The molecule has 2 aliphatic rings. The Morgan fingerprint density at radius 3 is 2.94 bits per heavy atom. The number of aliphatic hydroxyl groups excluding tert-OH is 1. The van der Waals surface area contributed by atoms with E-state index in [-0.39, 0.29) is 23.7 Å². The first kappa shape index (κ1) is 19.7. The highest BCUT2D eigenvalue weighted by molar-refractivity contribution is 5.73. The Bertz CT molecular complexity index is 1110. The Morgan fingerprint density at radius 2 is 2.13 bits per heavy atom. The molecule has 1 saturated carbocycles. The van der Waals surface area contributed by atoms with Gasteiger partial charge in [0.1, 0.15) is 11.6 Å². The van der Waals surface area contributed by atoms with Gasteiger partial charge >= 0.3 is 6.09 Å². The molecule has 1 aliphatic carbocycles. The van der Waals surface area contributed by atoms with Crippen molar-refractivity contribution in [3.8, 4) is 5.75 Å². The fraction of sp³-hybridized carbons (Fsp3) is 0.429. The van der Waals surface area contributed by atoms with E-state index in [0.29, 0.717) is 17.9 Å². The first-order valence-electron chi connectivity index (χ1n) is 10.5. The number of hydrogen-bond donors (Lipinski definition) is 2. The van der Waals surface area contributed by atoms with Crippen LogP contribution in [0.5, 0.6) is 5.75 Å². The summed E-state index contributed by atoms with van der Waals surface area (Å²) in [5, 5.41) is 16.8. The summed E-state index contributed by atoms with van der Waals surface area (Å²) >= 11 is 0. The van der Waals surface area contributed by atoms with Crippen molar-refractivity contribution < 1.29 is 19.0 Å². The van der Waals surface area contributed by atoms with E-state index in [1.54, 1.807) is 12.4 Å². The molecular formula is C21H23FN6O3. The summed E-state index contributed by atoms with van der Waals surface area (Å²) in [5.41, 5.74) is 1.21. The number of nitrogens with one attached hydrogen (secondary N) is 1. The van der Waals surface area contributed by atoms with Crippen molar-refractivity contribution in [2.45, 2.75) is 50.3 Å². The lowest BCUT2D eigenvalue weighted by molar-refractivity contribution is 0.140. The number of aromatic nitrogens is 4. The van der Waals surface area contributed by atoms with Gasteiger partial charge in [0, 0.05) is 18.9 Å². The number of carbonyl (C=O) groups excluding carboxylic acids is 1. The van der Waals surface area contributed by atoms with Gasteiger partial charge in [-0.05, 0) is 49.8 Å². The van der Waals surface area contributed by atoms with Gasteiger partial charge in [0.25, 0.3) is 0 Å². The fourth-order valence-corrected chi connectivity index (χ4v) is 4.46. The Morgan fingerprint density at radius 1 is 1.23 bits per heavy atom. The number of rotatable bonds is 4. The molecule has 2 fully saturated rings. The molecule has 10 heteroatoms. The van der Waals surface area contributed by atoms with Gasteiger partial charge in [-0.2, -0.15) is 5.10 Å². The van der Waals surface area contributed by atoms with Crippen molar-refractivity contribution >= 4 is 17.6 Å². The number of pyridine rings is 1. The maximum absolute atomic E-state index is 13.7. The summed E-state index contributed by atoms with van der Waals surface area (Å²) in [6.45, 7) is 0.773. The molecule has 3 aromatic heterocycles. The number of hydrogen-bond acceptors (Lipinski definition) is 7. The largest absolute Gasteiger partial charge is 0.413 e. The van der Waals surface area contributed by atoms with Crippen LogP contribution < -0.4 is 15.0 Å². The van der Waals surface area contributed by atoms with E-state index >= 15 is 0 Å². The molecule has 3 aromatic rings. The van der Waals surface area contributed by atoms with E-state index in [0.717, 1.165) is 37.8 Å². The van der Waals surface area contributed by atoms with Crippen LogP contribution in [0.25, 0.3) is 5.65 Å². The number of halogens is 1. The molecule has 1 saturated heterocycles. The molecule has 1 aliphatic heterocycles. The van der Waals surface area contributed by atoms with Crippen LogP contribution in [-0.4, -0.2) is 49.5 Å². The Labute approximate surface area is 177 Å².